The predicted octanol–water partition coefficient (Wildman–Crippen LogP) is 1.73. The number of hydrogen-bond donors (Lipinski definition) is 1. The van der Waals surface area contributed by atoms with E-state index >= 15 is 0 Å². The van der Waals surface area contributed by atoms with Crippen LogP contribution in [-0.4, -0.2) is 33.3 Å². The number of ether oxygens (including phenoxy) is 1. The van der Waals surface area contributed by atoms with Crippen molar-refractivity contribution in [2.75, 3.05) is 38.2 Å². The van der Waals surface area contributed by atoms with Gasteiger partial charge in [-0.1, -0.05) is 12.1 Å². The Balaban J connectivity index is 1.79. The maximum absolute atomic E-state index is 5.65. The fraction of sp³-hybridized carbons (Fsp3) is 0.571. The standard InChI is InChI=1S/C14H20N2O/c1-17-14(10-15-11-14)12-4-6-13(7-5-12)16-8-2-3-9-16/h4-7,15H,2-3,8-11H2,1H3. The van der Waals surface area contributed by atoms with Crippen LogP contribution in [0.3, 0.4) is 0 Å². The molecule has 3 nitrogen and oxygen atoms in total. The lowest BCUT2D eigenvalue weighted by atomic mass is 9.88. The van der Waals surface area contributed by atoms with E-state index in [2.05, 4.69) is 34.5 Å². The summed E-state index contributed by atoms with van der Waals surface area (Å²) in [5.41, 5.74) is 2.57. The van der Waals surface area contributed by atoms with Crippen LogP contribution < -0.4 is 10.2 Å². The molecule has 0 bridgehead atoms. The Morgan fingerprint density at radius 2 is 1.76 bits per heavy atom. The Morgan fingerprint density at radius 3 is 2.24 bits per heavy atom. The molecule has 2 aliphatic rings. The molecule has 0 spiro atoms. The van der Waals surface area contributed by atoms with Crippen LogP contribution in [0, 0.1) is 0 Å². The fourth-order valence-electron chi connectivity index (χ4n) is 2.77. The molecule has 92 valence electrons. The van der Waals surface area contributed by atoms with Crippen molar-refractivity contribution in [1.29, 1.82) is 0 Å². The van der Waals surface area contributed by atoms with E-state index in [0.29, 0.717) is 0 Å². The average molecular weight is 232 g/mol. The van der Waals surface area contributed by atoms with Crippen LogP contribution in [0.25, 0.3) is 0 Å². The molecule has 0 atom stereocenters. The van der Waals surface area contributed by atoms with E-state index in [4.69, 9.17) is 4.74 Å². The largest absolute Gasteiger partial charge is 0.372 e. The lowest BCUT2D eigenvalue weighted by Gasteiger charge is -2.41. The molecular formula is C14H20N2O. The molecule has 17 heavy (non-hydrogen) atoms. The molecule has 0 radical (unpaired) electrons. The van der Waals surface area contributed by atoms with E-state index in [1.807, 2.05) is 0 Å². The lowest BCUT2D eigenvalue weighted by Crippen LogP contribution is -2.57. The van der Waals surface area contributed by atoms with E-state index in [1.165, 1.54) is 37.2 Å². The summed E-state index contributed by atoms with van der Waals surface area (Å²) in [5.74, 6) is 0. The van der Waals surface area contributed by atoms with Crippen LogP contribution in [0.5, 0.6) is 0 Å². The lowest BCUT2D eigenvalue weighted by molar-refractivity contribution is -0.0565. The number of rotatable bonds is 3. The van der Waals surface area contributed by atoms with Crippen LogP contribution in [0.1, 0.15) is 18.4 Å². The van der Waals surface area contributed by atoms with Crippen molar-refractivity contribution < 1.29 is 4.74 Å². The molecular weight excluding hydrogens is 212 g/mol. The summed E-state index contributed by atoms with van der Waals surface area (Å²) >= 11 is 0. The van der Waals surface area contributed by atoms with Crippen LogP contribution in [0.4, 0.5) is 5.69 Å². The molecule has 2 aliphatic heterocycles. The number of benzene rings is 1. The van der Waals surface area contributed by atoms with E-state index in [0.717, 1.165) is 13.1 Å². The summed E-state index contributed by atoms with van der Waals surface area (Å²) in [7, 11) is 1.80. The number of nitrogens with one attached hydrogen (secondary N) is 1. The second-order valence-electron chi connectivity index (χ2n) is 5.04. The monoisotopic (exact) mass is 232 g/mol. The van der Waals surface area contributed by atoms with Gasteiger partial charge in [-0.25, -0.2) is 0 Å². The number of anilines is 1. The molecule has 1 aromatic carbocycles. The highest BCUT2D eigenvalue weighted by molar-refractivity contribution is 5.49. The van der Waals surface area contributed by atoms with Crippen LogP contribution in [0.2, 0.25) is 0 Å². The molecule has 3 rings (SSSR count). The van der Waals surface area contributed by atoms with Gasteiger partial charge in [0.2, 0.25) is 0 Å². The molecule has 3 heteroatoms. The summed E-state index contributed by atoms with van der Waals surface area (Å²) < 4.78 is 5.65. The topological polar surface area (TPSA) is 24.5 Å². The van der Waals surface area contributed by atoms with Gasteiger partial charge in [0.05, 0.1) is 0 Å². The van der Waals surface area contributed by atoms with Gasteiger partial charge in [0.1, 0.15) is 5.60 Å². The molecule has 0 amide bonds. The van der Waals surface area contributed by atoms with Gasteiger partial charge in [0.25, 0.3) is 0 Å². The second-order valence-corrected chi connectivity index (χ2v) is 5.04. The molecule has 1 N–H and O–H groups in total. The maximum atomic E-state index is 5.65. The van der Waals surface area contributed by atoms with Crippen molar-refractivity contribution in [3.63, 3.8) is 0 Å². The van der Waals surface area contributed by atoms with Gasteiger partial charge in [-0.3, -0.25) is 0 Å². The first kappa shape index (κ1) is 11.1. The molecule has 1 aromatic rings. The SMILES string of the molecule is COC1(c2ccc(N3CCCC3)cc2)CNC1. The smallest absolute Gasteiger partial charge is 0.117 e. The summed E-state index contributed by atoms with van der Waals surface area (Å²) in [5, 5.41) is 3.29. The third-order valence-electron chi connectivity index (χ3n) is 4.08. The zero-order chi connectivity index (χ0) is 11.7. The Hall–Kier alpha value is -1.06. The molecule has 0 aliphatic carbocycles. The Bertz CT molecular complexity index is 372. The molecule has 2 heterocycles. The third-order valence-corrected chi connectivity index (χ3v) is 4.08. The first-order valence-electron chi connectivity index (χ1n) is 6.45. The summed E-state index contributed by atoms with van der Waals surface area (Å²) in [6.07, 6.45) is 2.65. The minimum absolute atomic E-state index is 0.0798. The van der Waals surface area contributed by atoms with E-state index in [9.17, 15) is 0 Å². The Kier molecular flexibility index (Phi) is 2.81. The molecule has 2 saturated heterocycles. The quantitative estimate of drug-likeness (QED) is 0.859. The first-order chi connectivity index (χ1) is 8.34. The minimum Gasteiger partial charge on any atom is -0.372 e. The van der Waals surface area contributed by atoms with Crippen molar-refractivity contribution in [2.24, 2.45) is 0 Å². The van der Waals surface area contributed by atoms with Crippen molar-refractivity contribution in [1.82, 2.24) is 5.32 Å². The summed E-state index contributed by atoms with van der Waals surface area (Å²) in [6.45, 7) is 4.26. The number of nitrogens with zero attached hydrogens (tertiary/aromatic N) is 1. The Morgan fingerprint density at radius 1 is 1.12 bits per heavy atom. The predicted molar refractivity (Wildman–Crippen MR) is 69.4 cm³/mol. The molecule has 2 fully saturated rings. The van der Waals surface area contributed by atoms with Crippen molar-refractivity contribution >= 4 is 5.69 Å². The van der Waals surface area contributed by atoms with Gasteiger partial charge in [-0.15, -0.1) is 0 Å². The van der Waals surface area contributed by atoms with E-state index in [-0.39, 0.29) is 5.60 Å². The van der Waals surface area contributed by atoms with Crippen molar-refractivity contribution in [3.8, 4) is 0 Å². The molecule has 0 aromatic heterocycles. The van der Waals surface area contributed by atoms with Gasteiger partial charge in [0, 0.05) is 39.0 Å². The summed E-state index contributed by atoms with van der Waals surface area (Å²) in [6, 6.07) is 8.91. The van der Waals surface area contributed by atoms with Crippen LogP contribution in [0.15, 0.2) is 24.3 Å². The summed E-state index contributed by atoms with van der Waals surface area (Å²) in [4.78, 5) is 2.46. The van der Waals surface area contributed by atoms with Gasteiger partial charge in [-0.05, 0) is 30.5 Å². The van der Waals surface area contributed by atoms with Crippen LogP contribution in [-0.2, 0) is 10.3 Å². The van der Waals surface area contributed by atoms with E-state index in [1.54, 1.807) is 7.11 Å². The maximum Gasteiger partial charge on any atom is 0.117 e. The highest BCUT2D eigenvalue weighted by Crippen LogP contribution is 2.31. The van der Waals surface area contributed by atoms with Gasteiger partial charge >= 0.3 is 0 Å². The normalized spacial score (nSPS) is 22.5. The van der Waals surface area contributed by atoms with Crippen LogP contribution >= 0.6 is 0 Å². The third kappa shape index (κ3) is 1.83. The highest BCUT2D eigenvalue weighted by Gasteiger charge is 2.38. The van der Waals surface area contributed by atoms with Crippen molar-refractivity contribution in [3.05, 3.63) is 29.8 Å². The zero-order valence-electron chi connectivity index (χ0n) is 10.4. The average Bonchev–Trinajstić information content (AvgIpc) is 2.83. The zero-order valence-corrected chi connectivity index (χ0v) is 10.4. The number of methoxy groups -OCH3 is 1. The van der Waals surface area contributed by atoms with Gasteiger partial charge in [0.15, 0.2) is 0 Å². The van der Waals surface area contributed by atoms with Gasteiger partial charge < -0.3 is 15.0 Å². The highest BCUT2D eigenvalue weighted by atomic mass is 16.5. The number of hydrogen-bond acceptors (Lipinski definition) is 3. The second kappa shape index (κ2) is 4.31. The first-order valence-corrected chi connectivity index (χ1v) is 6.45. The minimum atomic E-state index is -0.0798. The van der Waals surface area contributed by atoms with Crippen molar-refractivity contribution in [2.45, 2.75) is 18.4 Å². The van der Waals surface area contributed by atoms with Gasteiger partial charge in [-0.2, -0.15) is 0 Å². The van der Waals surface area contributed by atoms with E-state index < -0.39 is 0 Å². The molecule has 0 saturated carbocycles. The fourth-order valence-corrected chi connectivity index (χ4v) is 2.77. The Labute approximate surface area is 103 Å². The molecule has 0 unspecified atom stereocenters.